The van der Waals surface area contributed by atoms with E-state index in [2.05, 4.69) is 16.9 Å². The lowest BCUT2D eigenvalue weighted by atomic mass is 10.2. The van der Waals surface area contributed by atoms with Gasteiger partial charge in [-0.1, -0.05) is 0 Å². The van der Waals surface area contributed by atoms with Gasteiger partial charge in [0.25, 0.3) is 0 Å². The van der Waals surface area contributed by atoms with Crippen LogP contribution < -0.4 is 5.73 Å². The number of hydrogen-bond donors (Lipinski definition) is 1. The summed E-state index contributed by atoms with van der Waals surface area (Å²) in [5, 5.41) is 0. The zero-order valence-electron chi connectivity index (χ0n) is 8.96. The molecule has 5 heteroatoms. The van der Waals surface area contributed by atoms with E-state index in [4.69, 9.17) is 5.73 Å². The van der Waals surface area contributed by atoms with Crippen LogP contribution in [0.1, 0.15) is 24.6 Å². The Morgan fingerprint density at radius 1 is 1.27 bits per heavy atom. The molecule has 0 radical (unpaired) electrons. The average molecular weight is 205 g/mol. The first-order valence-corrected chi connectivity index (χ1v) is 4.98. The van der Waals surface area contributed by atoms with E-state index in [0.29, 0.717) is 0 Å². The minimum atomic E-state index is -0.264. The van der Waals surface area contributed by atoms with Crippen molar-refractivity contribution in [2.45, 2.75) is 19.5 Å². The molecule has 5 nitrogen and oxygen atoms in total. The fraction of sp³-hybridized carbons (Fsp3) is 0.400. The number of nitrogens with two attached hydrogens (primary N) is 1. The lowest BCUT2D eigenvalue weighted by Gasteiger charge is -2.12. The first kappa shape index (κ1) is 9.92. The van der Waals surface area contributed by atoms with E-state index in [1.54, 1.807) is 12.4 Å². The highest BCUT2D eigenvalue weighted by Gasteiger charge is 2.17. The summed E-state index contributed by atoms with van der Waals surface area (Å²) in [5.41, 5.74) is 6.12. The van der Waals surface area contributed by atoms with Crippen molar-refractivity contribution in [1.29, 1.82) is 0 Å². The molecular weight excluding hydrogens is 190 g/mol. The van der Waals surface area contributed by atoms with Gasteiger partial charge in [-0.2, -0.15) is 0 Å². The van der Waals surface area contributed by atoms with E-state index in [0.717, 1.165) is 18.2 Å². The highest BCUT2D eigenvalue weighted by atomic mass is 15.1. The van der Waals surface area contributed by atoms with Gasteiger partial charge in [-0.3, -0.25) is 0 Å². The van der Waals surface area contributed by atoms with Crippen LogP contribution >= 0.6 is 0 Å². The van der Waals surface area contributed by atoms with Gasteiger partial charge in [0.2, 0.25) is 0 Å². The third-order valence-corrected chi connectivity index (χ3v) is 2.50. The minimum absolute atomic E-state index is 0.264. The van der Waals surface area contributed by atoms with E-state index in [1.807, 2.05) is 28.6 Å². The van der Waals surface area contributed by atoms with Gasteiger partial charge in [0, 0.05) is 38.4 Å². The van der Waals surface area contributed by atoms with Crippen molar-refractivity contribution in [1.82, 2.24) is 19.1 Å². The molecule has 2 aromatic rings. The number of aromatic nitrogens is 4. The molecule has 2 rings (SSSR count). The van der Waals surface area contributed by atoms with Crippen molar-refractivity contribution in [3.05, 3.63) is 36.4 Å². The highest BCUT2D eigenvalue weighted by molar-refractivity contribution is 5.11. The Kier molecular flexibility index (Phi) is 2.55. The van der Waals surface area contributed by atoms with E-state index < -0.39 is 0 Å². The molecule has 2 N–H and O–H groups in total. The van der Waals surface area contributed by atoms with Crippen molar-refractivity contribution >= 4 is 0 Å². The minimum Gasteiger partial charge on any atom is -0.336 e. The molecule has 0 aliphatic rings. The van der Waals surface area contributed by atoms with Crippen LogP contribution in [0.15, 0.2) is 24.8 Å². The predicted molar refractivity (Wildman–Crippen MR) is 57.1 cm³/mol. The Morgan fingerprint density at radius 3 is 2.53 bits per heavy atom. The monoisotopic (exact) mass is 205 g/mol. The molecule has 0 aliphatic heterocycles. The zero-order chi connectivity index (χ0) is 10.8. The van der Waals surface area contributed by atoms with Crippen LogP contribution in [0.5, 0.6) is 0 Å². The van der Waals surface area contributed by atoms with Gasteiger partial charge in [0.1, 0.15) is 17.7 Å². The number of nitrogens with zero attached hydrogens (tertiary/aromatic N) is 4. The van der Waals surface area contributed by atoms with Crippen molar-refractivity contribution < 1.29 is 0 Å². The van der Waals surface area contributed by atoms with Gasteiger partial charge in [-0.05, 0) is 6.92 Å². The Morgan fingerprint density at radius 2 is 1.93 bits per heavy atom. The Bertz CT molecular complexity index is 442. The first-order valence-electron chi connectivity index (χ1n) is 4.98. The topological polar surface area (TPSA) is 61.7 Å². The predicted octanol–water partition coefficient (Wildman–Crippen LogP) is 0.685. The summed E-state index contributed by atoms with van der Waals surface area (Å²) in [5.74, 6) is 1.68. The van der Waals surface area contributed by atoms with Crippen LogP contribution in [0, 0.1) is 0 Å². The van der Waals surface area contributed by atoms with Crippen LogP contribution in [-0.2, 0) is 13.6 Å². The van der Waals surface area contributed by atoms with Crippen molar-refractivity contribution in [3.8, 4) is 0 Å². The summed E-state index contributed by atoms with van der Waals surface area (Å²) in [4.78, 5) is 8.50. The molecule has 15 heavy (non-hydrogen) atoms. The molecule has 0 bridgehead atoms. The Hall–Kier alpha value is -1.62. The Balaban J connectivity index is 2.36. The number of hydrogen-bond acceptors (Lipinski definition) is 3. The van der Waals surface area contributed by atoms with E-state index in [9.17, 15) is 0 Å². The third kappa shape index (κ3) is 1.66. The second-order valence-corrected chi connectivity index (χ2v) is 3.45. The molecule has 0 amide bonds. The van der Waals surface area contributed by atoms with Gasteiger partial charge in [-0.25, -0.2) is 9.97 Å². The summed E-state index contributed by atoms with van der Waals surface area (Å²) in [6.45, 7) is 2.93. The van der Waals surface area contributed by atoms with Crippen LogP contribution in [0.4, 0.5) is 0 Å². The molecule has 0 spiro atoms. The van der Waals surface area contributed by atoms with Crippen LogP contribution in [0.25, 0.3) is 0 Å². The molecule has 2 aromatic heterocycles. The van der Waals surface area contributed by atoms with Gasteiger partial charge in [0.05, 0.1) is 0 Å². The molecule has 0 saturated heterocycles. The summed E-state index contributed by atoms with van der Waals surface area (Å²) in [7, 11) is 1.93. The largest absolute Gasteiger partial charge is 0.336 e. The molecule has 1 unspecified atom stereocenters. The third-order valence-electron chi connectivity index (χ3n) is 2.50. The molecule has 80 valence electrons. The smallest absolute Gasteiger partial charge is 0.133 e. The quantitative estimate of drug-likeness (QED) is 0.801. The second kappa shape index (κ2) is 3.86. The molecular formula is C10H15N5. The lowest BCUT2D eigenvalue weighted by molar-refractivity contribution is 0.617. The maximum atomic E-state index is 6.12. The fourth-order valence-corrected chi connectivity index (χ4v) is 1.66. The summed E-state index contributed by atoms with van der Waals surface area (Å²) >= 11 is 0. The fourth-order valence-electron chi connectivity index (χ4n) is 1.66. The summed E-state index contributed by atoms with van der Waals surface area (Å²) in [6.07, 6.45) is 7.32. The number of aryl methyl sites for hydroxylation is 2. The Labute approximate surface area is 88.6 Å². The normalized spacial score (nSPS) is 13.0. The lowest BCUT2D eigenvalue weighted by Crippen LogP contribution is -2.20. The van der Waals surface area contributed by atoms with Crippen molar-refractivity contribution in [2.75, 3.05) is 0 Å². The van der Waals surface area contributed by atoms with Crippen LogP contribution in [-0.4, -0.2) is 19.1 Å². The molecule has 0 aromatic carbocycles. The van der Waals surface area contributed by atoms with Gasteiger partial charge in [0.15, 0.2) is 0 Å². The first-order chi connectivity index (χ1) is 7.24. The number of imidazole rings is 2. The SMILES string of the molecule is CCn1ccnc1C(N)c1nccn1C. The standard InChI is InChI=1S/C10H15N5/c1-3-15-7-5-13-10(15)8(11)9-12-4-6-14(9)2/h4-8H,3,11H2,1-2H3. The van der Waals surface area contributed by atoms with Crippen molar-refractivity contribution in [2.24, 2.45) is 12.8 Å². The van der Waals surface area contributed by atoms with E-state index in [1.165, 1.54) is 0 Å². The molecule has 0 aliphatic carbocycles. The van der Waals surface area contributed by atoms with Crippen LogP contribution in [0.2, 0.25) is 0 Å². The van der Waals surface area contributed by atoms with Gasteiger partial charge >= 0.3 is 0 Å². The average Bonchev–Trinajstić information content (AvgIpc) is 2.84. The molecule has 0 fully saturated rings. The van der Waals surface area contributed by atoms with Crippen LogP contribution in [0.3, 0.4) is 0 Å². The summed E-state index contributed by atoms with van der Waals surface area (Å²) < 4.78 is 3.94. The van der Waals surface area contributed by atoms with E-state index >= 15 is 0 Å². The number of rotatable bonds is 3. The maximum absolute atomic E-state index is 6.12. The summed E-state index contributed by atoms with van der Waals surface area (Å²) in [6, 6.07) is -0.264. The van der Waals surface area contributed by atoms with E-state index in [-0.39, 0.29) is 6.04 Å². The molecule has 1 atom stereocenters. The highest BCUT2D eigenvalue weighted by Crippen LogP contribution is 2.15. The van der Waals surface area contributed by atoms with Gasteiger partial charge in [-0.15, -0.1) is 0 Å². The van der Waals surface area contributed by atoms with Gasteiger partial charge < -0.3 is 14.9 Å². The zero-order valence-corrected chi connectivity index (χ0v) is 8.96. The second-order valence-electron chi connectivity index (χ2n) is 3.45. The molecule has 2 heterocycles. The molecule has 0 saturated carbocycles. The maximum Gasteiger partial charge on any atom is 0.133 e. The van der Waals surface area contributed by atoms with Crippen molar-refractivity contribution in [3.63, 3.8) is 0 Å².